The summed E-state index contributed by atoms with van der Waals surface area (Å²) in [5.41, 5.74) is 10.8. The average molecular weight is 221 g/mol. The van der Waals surface area contributed by atoms with E-state index in [1.54, 1.807) is 12.2 Å². The molecule has 0 aliphatic heterocycles. The van der Waals surface area contributed by atoms with Crippen molar-refractivity contribution in [3.05, 3.63) is 31.0 Å². The van der Waals surface area contributed by atoms with E-state index >= 15 is 0 Å². The molecule has 0 saturated carbocycles. The van der Waals surface area contributed by atoms with Crippen LogP contribution in [0.3, 0.4) is 0 Å². The third kappa shape index (κ3) is 2.28. The van der Waals surface area contributed by atoms with Gasteiger partial charge in [-0.25, -0.2) is 4.68 Å². The number of nitrogens with zero attached hydrogens (tertiary/aromatic N) is 3. The molecule has 0 radical (unpaired) electrons. The predicted octanol–water partition coefficient (Wildman–Crippen LogP) is 0.653. The van der Waals surface area contributed by atoms with Crippen LogP contribution in [-0.4, -0.2) is 20.9 Å². The summed E-state index contributed by atoms with van der Waals surface area (Å²) in [5, 5.41) is 7.47. The second-order valence-corrected chi connectivity index (χ2v) is 3.33. The molecule has 0 unspecified atom stereocenters. The summed E-state index contributed by atoms with van der Waals surface area (Å²) >= 11 is 0. The largest absolute Gasteiger partial charge is 0.382 e. The van der Waals surface area contributed by atoms with E-state index in [1.165, 1.54) is 4.68 Å². The number of rotatable bonds is 6. The molecule has 1 aromatic rings. The van der Waals surface area contributed by atoms with E-state index in [1.807, 2.05) is 0 Å². The van der Waals surface area contributed by atoms with Crippen LogP contribution in [0.25, 0.3) is 0 Å². The SMILES string of the molecule is C=CCC(CC=C)n1nnc(C(N)=O)c1N. The topological polar surface area (TPSA) is 99.8 Å². The predicted molar refractivity (Wildman–Crippen MR) is 61.6 cm³/mol. The molecule has 1 heterocycles. The summed E-state index contributed by atoms with van der Waals surface area (Å²) < 4.78 is 1.48. The molecule has 0 spiro atoms. The molecule has 0 aliphatic rings. The zero-order chi connectivity index (χ0) is 12.1. The van der Waals surface area contributed by atoms with Crippen molar-refractivity contribution in [2.75, 3.05) is 5.73 Å². The smallest absolute Gasteiger partial charge is 0.273 e. The maximum absolute atomic E-state index is 11.0. The number of primary amides is 1. The van der Waals surface area contributed by atoms with E-state index in [-0.39, 0.29) is 17.6 Å². The lowest BCUT2D eigenvalue weighted by Gasteiger charge is -2.14. The molecular weight excluding hydrogens is 206 g/mol. The van der Waals surface area contributed by atoms with Crippen molar-refractivity contribution in [2.24, 2.45) is 5.73 Å². The average Bonchev–Trinajstić information content (AvgIpc) is 2.60. The number of aromatic nitrogens is 3. The maximum Gasteiger partial charge on any atom is 0.273 e. The van der Waals surface area contributed by atoms with Crippen LogP contribution in [0.1, 0.15) is 29.4 Å². The number of allylic oxidation sites excluding steroid dienone is 2. The van der Waals surface area contributed by atoms with Crippen molar-refractivity contribution in [2.45, 2.75) is 18.9 Å². The van der Waals surface area contributed by atoms with E-state index in [0.717, 1.165) is 0 Å². The van der Waals surface area contributed by atoms with Crippen LogP contribution in [-0.2, 0) is 0 Å². The Morgan fingerprint density at radius 1 is 1.44 bits per heavy atom. The maximum atomic E-state index is 11.0. The van der Waals surface area contributed by atoms with Gasteiger partial charge in [0, 0.05) is 0 Å². The minimum Gasteiger partial charge on any atom is -0.382 e. The van der Waals surface area contributed by atoms with Gasteiger partial charge in [0.15, 0.2) is 11.5 Å². The molecule has 1 aromatic heterocycles. The van der Waals surface area contributed by atoms with Crippen molar-refractivity contribution < 1.29 is 4.79 Å². The Bertz CT molecular complexity index is 399. The fourth-order valence-electron chi connectivity index (χ4n) is 1.43. The Morgan fingerprint density at radius 2 is 2.00 bits per heavy atom. The molecule has 1 amide bonds. The van der Waals surface area contributed by atoms with Crippen molar-refractivity contribution in [1.29, 1.82) is 0 Å². The number of hydrogen-bond donors (Lipinski definition) is 2. The van der Waals surface area contributed by atoms with E-state index < -0.39 is 5.91 Å². The van der Waals surface area contributed by atoms with Crippen molar-refractivity contribution in [3.63, 3.8) is 0 Å². The fraction of sp³-hybridized carbons (Fsp3) is 0.300. The number of nitrogens with two attached hydrogens (primary N) is 2. The molecular formula is C10H15N5O. The molecule has 0 fully saturated rings. The van der Waals surface area contributed by atoms with Crippen molar-refractivity contribution in [1.82, 2.24) is 15.0 Å². The zero-order valence-corrected chi connectivity index (χ0v) is 8.97. The molecule has 86 valence electrons. The summed E-state index contributed by atoms with van der Waals surface area (Å²) in [6, 6.07) is -0.0319. The van der Waals surface area contributed by atoms with Crippen LogP contribution < -0.4 is 11.5 Å². The highest BCUT2D eigenvalue weighted by Crippen LogP contribution is 2.21. The Labute approximate surface area is 93.6 Å². The van der Waals surface area contributed by atoms with Crippen LogP contribution in [0.5, 0.6) is 0 Å². The Balaban J connectivity index is 3.04. The Hall–Kier alpha value is -2.11. The van der Waals surface area contributed by atoms with E-state index in [9.17, 15) is 4.79 Å². The first kappa shape index (κ1) is 12.0. The summed E-state index contributed by atoms with van der Waals surface area (Å²) in [7, 11) is 0. The van der Waals surface area contributed by atoms with Gasteiger partial charge in [-0.15, -0.1) is 18.3 Å². The highest BCUT2D eigenvalue weighted by Gasteiger charge is 2.19. The van der Waals surface area contributed by atoms with Crippen LogP contribution in [0.2, 0.25) is 0 Å². The molecule has 6 nitrogen and oxygen atoms in total. The molecule has 0 atom stereocenters. The monoisotopic (exact) mass is 221 g/mol. The Morgan fingerprint density at radius 3 is 2.38 bits per heavy atom. The number of anilines is 1. The lowest BCUT2D eigenvalue weighted by molar-refractivity contribution is 0.0996. The van der Waals surface area contributed by atoms with Crippen molar-refractivity contribution in [3.8, 4) is 0 Å². The molecule has 4 N–H and O–H groups in total. The number of carbonyl (C=O) groups is 1. The van der Waals surface area contributed by atoms with Gasteiger partial charge in [0.1, 0.15) is 0 Å². The van der Waals surface area contributed by atoms with Gasteiger partial charge < -0.3 is 11.5 Å². The number of hydrogen-bond acceptors (Lipinski definition) is 4. The van der Waals surface area contributed by atoms with Crippen LogP contribution >= 0.6 is 0 Å². The Kier molecular flexibility index (Phi) is 3.82. The van der Waals surface area contributed by atoms with Crippen molar-refractivity contribution >= 4 is 11.7 Å². The standard InChI is InChI=1S/C10H15N5O/c1-3-5-7(6-4-2)15-9(11)8(10(12)16)13-14-15/h3-4,7H,1-2,5-6,11H2,(H2,12,16). The van der Waals surface area contributed by atoms with Crippen LogP contribution in [0.4, 0.5) is 5.82 Å². The first-order valence-electron chi connectivity index (χ1n) is 4.84. The third-order valence-corrected chi connectivity index (χ3v) is 2.19. The normalized spacial score (nSPS) is 10.3. The lowest BCUT2D eigenvalue weighted by Crippen LogP contribution is -2.16. The van der Waals surface area contributed by atoms with Crippen LogP contribution in [0.15, 0.2) is 25.3 Å². The van der Waals surface area contributed by atoms with Gasteiger partial charge in [0.25, 0.3) is 5.91 Å². The zero-order valence-electron chi connectivity index (χ0n) is 8.97. The molecule has 0 aromatic carbocycles. The van der Waals surface area contributed by atoms with E-state index in [0.29, 0.717) is 12.8 Å². The molecule has 16 heavy (non-hydrogen) atoms. The van der Waals surface area contributed by atoms with Gasteiger partial charge in [0.2, 0.25) is 0 Å². The highest BCUT2D eigenvalue weighted by molar-refractivity contribution is 5.94. The number of amides is 1. The van der Waals surface area contributed by atoms with Gasteiger partial charge in [-0.05, 0) is 12.8 Å². The molecule has 0 bridgehead atoms. The van der Waals surface area contributed by atoms with Gasteiger partial charge >= 0.3 is 0 Å². The second-order valence-electron chi connectivity index (χ2n) is 3.33. The third-order valence-electron chi connectivity index (χ3n) is 2.19. The van der Waals surface area contributed by atoms with Gasteiger partial charge in [-0.1, -0.05) is 17.4 Å². The first-order chi connectivity index (χ1) is 7.61. The molecule has 0 aliphatic carbocycles. The lowest BCUT2D eigenvalue weighted by atomic mass is 10.1. The fourth-order valence-corrected chi connectivity index (χ4v) is 1.43. The van der Waals surface area contributed by atoms with Crippen LogP contribution in [0, 0.1) is 0 Å². The summed E-state index contributed by atoms with van der Waals surface area (Å²) in [4.78, 5) is 11.0. The van der Waals surface area contributed by atoms with Gasteiger partial charge in [-0.3, -0.25) is 4.79 Å². The quantitative estimate of drug-likeness (QED) is 0.689. The first-order valence-corrected chi connectivity index (χ1v) is 4.84. The minimum absolute atomic E-state index is 0.00174. The molecule has 6 heteroatoms. The highest BCUT2D eigenvalue weighted by atomic mass is 16.1. The van der Waals surface area contributed by atoms with E-state index in [4.69, 9.17) is 11.5 Å². The number of carbonyl (C=O) groups excluding carboxylic acids is 1. The summed E-state index contributed by atoms with van der Waals surface area (Å²) in [6.45, 7) is 7.30. The second kappa shape index (κ2) is 5.11. The molecule has 1 rings (SSSR count). The molecule has 0 saturated heterocycles. The van der Waals surface area contributed by atoms with Gasteiger partial charge in [-0.2, -0.15) is 0 Å². The van der Waals surface area contributed by atoms with E-state index in [2.05, 4.69) is 23.5 Å². The van der Waals surface area contributed by atoms with Gasteiger partial charge in [0.05, 0.1) is 6.04 Å². The summed E-state index contributed by atoms with van der Waals surface area (Å²) in [5.74, 6) is -0.499. The summed E-state index contributed by atoms with van der Waals surface area (Å²) in [6.07, 6.45) is 4.83. The number of nitrogen functional groups attached to an aromatic ring is 1. The minimum atomic E-state index is -0.681.